The average molecular weight is 496 g/mol. The number of carbonyl (C=O) groups excluding carboxylic acids is 2. The van der Waals surface area contributed by atoms with Crippen LogP contribution in [0.15, 0.2) is 72.8 Å². The lowest BCUT2D eigenvalue weighted by atomic mass is 10.2. The first-order chi connectivity index (χ1) is 16.4. The van der Waals surface area contributed by atoms with Gasteiger partial charge in [-0.1, -0.05) is 29.8 Å². The second-order valence-electron chi connectivity index (χ2n) is 6.94. The molecule has 0 aliphatic heterocycles. The molecule has 0 atom stereocenters. The van der Waals surface area contributed by atoms with E-state index in [0.717, 1.165) is 5.56 Å². The summed E-state index contributed by atoms with van der Waals surface area (Å²) in [7, 11) is 3.09. The maximum absolute atomic E-state index is 12.5. The third kappa shape index (κ3) is 7.06. The smallest absolute Gasteiger partial charge is 0.255 e. The third-order valence-electron chi connectivity index (χ3n) is 4.54. The molecule has 174 valence electrons. The normalized spacial score (nSPS) is 10.4. The molecule has 0 aliphatic carbocycles. The van der Waals surface area contributed by atoms with Crippen LogP contribution in [0.4, 0.5) is 11.4 Å². The molecule has 3 aromatic carbocycles. The van der Waals surface area contributed by atoms with Gasteiger partial charge in [0.25, 0.3) is 5.91 Å². The summed E-state index contributed by atoms with van der Waals surface area (Å²) in [5, 5.41) is 8.86. The molecule has 3 aromatic rings. The number of hydrogen-bond acceptors (Lipinski definition) is 5. The van der Waals surface area contributed by atoms with Crippen molar-refractivity contribution in [2.24, 2.45) is 0 Å². The number of benzene rings is 3. The summed E-state index contributed by atoms with van der Waals surface area (Å²) in [5.41, 5.74) is 2.30. The Hall–Kier alpha value is -3.88. The number of methoxy groups -OCH3 is 2. The fraction of sp³-hybridized carbons (Fsp3) is 0.0800. The van der Waals surface area contributed by atoms with E-state index in [1.807, 2.05) is 0 Å². The van der Waals surface area contributed by atoms with Gasteiger partial charge in [-0.2, -0.15) is 0 Å². The highest BCUT2D eigenvalue weighted by Crippen LogP contribution is 2.28. The first-order valence-corrected chi connectivity index (χ1v) is 10.9. The SMILES string of the molecule is COc1ccc(/C=C/C(=O)NC(=S)Nc2cccc(C(=O)Nc3cccc(Cl)c3)c2)cc1OC. The molecular weight excluding hydrogens is 474 g/mol. The van der Waals surface area contributed by atoms with Crippen LogP contribution in [0.25, 0.3) is 6.08 Å². The zero-order valence-electron chi connectivity index (χ0n) is 18.4. The van der Waals surface area contributed by atoms with Crippen LogP contribution in [0, 0.1) is 0 Å². The van der Waals surface area contributed by atoms with E-state index in [1.165, 1.54) is 13.2 Å². The molecule has 0 unspecified atom stereocenters. The van der Waals surface area contributed by atoms with Crippen molar-refractivity contribution < 1.29 is 19.1 Å². The molecule has 3 N–H and O–H groups in total. The second kappa shape index (κ2) is 11.8. The lowest BCUT2D eigenvalue weighted by molar-refractivity contribution is -0.115. The number of anilines is 2. The first-order valence-electron chi connectivity index (χ1n) is 10.1. The number of rotatable bonds is 7. The monoisotopic (exact) mass is 495 g/mol. The van der Waals surface area contributed by atoms with Gasteiger partial charge in [0.1, 0.15) is 0 Å². The molecule has 0 aromatic heterocycles. The molecule has 0 spiro atoms. The molecule has 0 heterocycles. The largest absolute Gasteiger partial charge is 0.493 e. The van der Waals surface area contributed by atoms with Crippen molar-refractivity contribution >= 4 is 58.2 Å². The Kier molecular flexibility index (Phi) is 8.61. The number of nitrogens with one attached hydrogen (secondary N) is 3. The van der Waals surface area contributed by atoms with Gasteiger partial charge >= 0.3 is 0 Å². The second-order valence-corrected chi connectivity index (χ2v) is 7.78. The van der Waals surface area contributed by atoms with Crippen molar-refractivity contribution in [3.05, 3.63) is 89.0 Å². The molecule has 0 bridgehead atoms. The standard InChI is InChI=1S/C25H22ClN3O4S/c1-32-21-11-9-16(13-22(21)33-2)10-12-23(30)29-25(34)28-19-7-3-5-17(14-19)24(31)27-20-8-4-6-18(26)15-20/h3-15H,1-2H3,(H,27,31)(H2,28,29,30,34)/b12-10+. The molecule has 2 amide bonds. The predicted octanol–water partition coefficient (Wildman–Crippen LogP) is 5.14. The molecule has 0 aliphatic rings. The molecule has 7 nitrogen and oxygen atoms in total. The summed E-state index contributed by atoms with van der Waals surface area (Å²) in [6.07, 6.45) is 2.98. The number of carbonyl (C=O) groups is 2. The van der Waals surface area contributed by atoms with Gasteiger partial charge in [0.15, 0.2) is 16.6 Å². The van der Waals surface area contributed by atoms with Crippen LogP contribution < -0.4 is 25.4 Å². The Labute approximate surface area is 207 Å². The van der Waals surface area contributed by atoms with Crippen molar-refractivity contribution in [2.45, 2.75) is 0 Å². The molecule has 0 radical (unpaired) electrons. The van der Waals surface area contributed by atoms with E-state index >= 15 is 0 Å². The van der Waals surface area contributed by atoms with Gasteiger partial charge in [0, 0.05) is 28.0 Å². The fourth-order valence-corrected chi connectivity index (χ4v) is 3.36. The van der Waals surface area contributed by atoms with Gasteiger partial charge in [-0.3, -0.25) is 14.9 Å². The molecule has 3 rings (SSSR count). The van der Waals surface area contributed by atoms with Gasteiger partial charge < -0.3 is 20.1 Å². The van der Waals surface area contributed by atoms with E-state index in [0.29, 0.717) is 33.5 Å². The summed E-state index contributed by atoms with van der Waals surface area (Å²) in [4.78, 5) is 24.8. The minimum atomic E-state index is -0.415. The Morgan fingerprint density at radius 1 is 0.882 bits per heavy atom. The summed E-state index contributed by atoms with van der Waals surface area (Å²) in [5.74, 6) is 0.431. The van der Waals surface area contributed by atoms with Gasteiger partial charge in [-0.25, -0.2) is 0 Å². The van der Waals surface area contributed by atoms with E-state index in [4.69, 9.17) is 33.3 Å². The van der Waals surface area contributed by atoms with Crippen LogP contribution in [-0.4, -0.2) is 31.1 Å². The zero-order valence-corrected chi connectivity index (χ0v) is 20.0. The van der Waals surface area contributed by atoms with Crippen molar-refractivity contribution in [1.82, 2.24) is 5.32 Å². The number of thiocarbonyl (C=S) groups is 1. The lowest BCUT2D eigenvalue weighted by Crippen LogP contribution is -2.32. The van der Waals surface area contributed by atoms with Crippen LogP contribution in [-0.2, 0) is 4.79 Å². The van der Waals surface area contributed by atoms with Gasteiger partial charge in [0.2, 0.25) is 5.91 Å². The van der Waals surface area contributed by atoms with Gasteiger partial charge in [0.05, 0.1) is 14.2 Å². The predicted molar refractivity (Wildman–Crippen MR) is 139 cm³/mol. The first kappa shape index (κ1) is 24.8. The van der Waals surface area contributed by atoms with E-state index in [2.05, 4.69) is 16.0 Å². The minimum absolute atomic E-state index is 0.0920. The quantitative estimate of drug-likeness (QED) is 0.311. The van der Waals surface area contributed by atoms with Gasteiger partial charge in [-0.05, 0) is 72.4 Å². The van der Waals surface area contributed by atoms with Crippen molar-refractivity contribution in [3.8, 4) is 11.5 Å². The summed E-state index contributed by atoms with van der Waals surface area (Å²) in [6.45, 7) is 0. The molecule has 34 heavy (non-hydrogen) atoms. The van der Waals surface area contributed by atoms with E-state index < -0.39 is 5.91 Å². The lowest BCUT2D eigenvalue weighted by Gasteiger charge is -2.10. The van der Waals surface area contributed by atoms with Crippen molar-refractivity contribution in [3.63, 3.8) is 0 Å². The van der Waals surface area contributed by atoms with E-state index in [-0.39, 0.29) is 11.0 Å². The van der Waals surface area contributed by atoms with E-state index in [1.54, 1.807) is 79.9 Å². The van der Waals surface area contributed by atoms with E-state index in [9.17, 15) is 9.59 Å². The fourth-order valence-electron chi connectivity index (χ4n) is 2.95. The van der Waals surface area contributed by atoms with Crippen LogP contribution in [0.2, 0.25) is 5.02 Å². The van der Waals surface area contributed by atoms with Crippen LogP contribution >= 0.6 is 23.8 Å². The maximum atomic E-state index is 12.5. The third-order valence-corrected chi connectivity index (χ3v) is 4.98. The highest BCUT2D eigenvalue weighted by atomic mass is 35.5. The molecule has 0 saturated heterocycles. The minimum Gasteiger partial charge on any atom is -0.493 e. The summed E-state index contributed by atoms with van der Waals surface area (Å²) in [6, 6.07) is 18.9. The summed E-state index contributed by atoms with van der Waals surface area (Å²) >= 11 is 11.2. The van der Waals surface area contributed by atoms with Crippen molar-refractivity contribution in [1.29, 1.82) is 0 Å². The Bertz CT molecular complexity index is 1250. The topological polar surface area (TPSA) is 88.7 Å². The highest BCUT2D eigenvalue weighted by Gasteiger charge is 2.09. The summed E-state index contributed by atoms with van der Waals surface area (Å²) < 4.78 is 10.5. The number of ether oxygens (including phenoxy) is 2. The number of amides is 2. The van der Waals surface area contributed by atoms with Crippen molar-refractivity contribution in [2.75, 3.05) is 24.9 Å². The molecule has 9 heteroatoms. The molecular formula is C25H22ClN3O4S. The molecule has 0 fully saturated rings. The number of hydrogen-bond donors (Lipinski definition) is 3. The van der Waals surface area contributed by atoms with Crippen LogP contribution in [0.1, 0.15) is 15.9 Å². The number of halogens is 1. The van der Waals surface area contributed by atoms with Crippen LogP contribution in [0.3, 0.4) is 0 Å². The Morgan fingerprint density at radius 2 is 1.59 bits per heavy atom. The average Bonchev–Trinajstić information content (AvgIpc) is 2.82. The molecule has 0 saturated carbocycles. The Morgan fingerprint density at radius 3 is 2.29 bits per heavy atom. The zero-order chi connectivity index (χ0) is 24.5. The maximum Gasteiger partial charge on any atom is 0.255 e. The Balaban J connectivity index is 1.58. The van der Waals surface area contributed by atoms with Gasteiger partial charge in [-0.15, -0.1) is 0 Å². The van der Waals surface area contributed by atoms with Crippen LogP contribution in [0.5, 0.6) is 11.5 Å². The highest BCUT2D eigenvalue weighted by molar-refractivity contribution is 7.80.